The zero-order chi connectivity index (χ0) is 19.4. The highest BCUT2D eigenvalue weighted by molar-refractivity contribution is 6.31. The SMILES string of the molecule is Cc1ccc(C2=NN(C(=O)CCCC(=O)[O-])[C@H](c3ccccc3Cl)C2)cc1. The minimum Gasteiger partial charge on any atom is -0.550 e. The zero-order valence-corrected chi connectivity index (χ0v) is 15.8. The normalized spacial score (nSPS) is 16.3. The lowest BCUT2D eigenvalue weighted by Crippen LogP contribution is -2.28. The Morgan fingerprint density at radius 2 is 1.85 bits per heavy atom. The fourth-order valence-electron chi connectivity index (χ4n) is 3.15. The molecule has 1 aliphatic rings. The number of carbonyl (C=O) groups is 2. The summed E-state index contributed by atoms with van der Waals surface area (Å²) < 4.78 is 0. The summed E-state index contributed by atoms with van der Waals surface area (Å²) >= 11 is 6.36. The van der Waals surface area contributed by atoms with Crippen LogP contribution in [0.3, 0.4) is 0 Å². The van der Waals surface area contributed by atoms with Crippen LogP contribution in [0.25, 0.3) is 0 Å². The van der Waals surface area contributed by atoms with Crippen molar-refractivity contribution in [3.05, 3.63) is 70.2 Å². The molecule has 0 aromatic heterocycles. The number of hydrazone groups is 1. The predicted molar refractivity (Wildman–Crippen MR) is 102 cm³/mol. The van der Waals surface area contributed by atoms with E-state index in [0.717, 1.165) is 22.4 Å². The van der Waals surface area contributed by atoms with Gasteiger partial charge in [0, 0.05) is 23.8 Å². The second kappa shape index (κ2) is 8.35. The molecule has 1 atom stereocenters. The van der Waals surface area contributed by atoms with Crippen LogP contribution in [0.5, 0.6) is 0 Å². The molecule has 0 saturated carbocycles. The van der Waals surface area contributed by atoms with Crippen LogP contribution < -0.4 is 5.11 Å². The third-order valence-electron chi connectivity index (χ3n) is 4.59. The lowest BCUT2D eigenvalue weighted by molar-refractivity contribution is -0.305. The summed E-state index contributed by atoms with van der Waals surface area (Å²) in [5.74, 6) is -1.38. The Kier molecular flexibility index (Phi) is 5.91. The van der Waals surface area contributed by atoms with Gasteiger partial charge in [0.05, 0.1) is 11.8 Å². The van der Waals surface area contributed by atoms with Crippen molar-refractivity contribution in [3.8, 4) is 0 Å². The van der Waals surface area contributed by atoms with Crippen LogP contribution in [-0.4, -0.2) is 22.6 Å². The number of hydrogen-bond acceptors (Lipinski definition) is 4. The van der Waals surface area contributed by atoms with Gasteiger partial charge >= 0.3 is 0 Å². The number of aliphatic carboxylic acids is 1. The molecule has 0 N–H and O–H groups in total. The average Bonchev–Trinajstić information content (AvgIpc) is 3.07. The quantitative estimate of drug-likeness (QED) is 0.768. The highest BCUT2D eigenvalue weighted by atomic mass is 35.5. The van der Waals surface area contributed by atoms with Crippen molar-refractivity contribution >= 4 is 29.2 Å². The fraction of sp³-hybridized carbons (Fsp3) is 0.286. The number of benzene rings is 2. The highest BCUT2D eigenvalue weighted by Crippen LogP contribution is 2.36. The van der Waals surface area contributed by atoms with E-state index in [1.807, 2.05) is 49.4 Å². The summed E-state index contributed by atoms with van der Waals surface area (Å²) in [6, 6.07) is 15.1. The van der Waals surface area contributed by atoms with E-state index in [-0.39, 0.29) is 31.2 Å². The number of rotatable bonds is 6. The monoisotopic (exact) mass is 383 g/mol. The lowest BCUT2D eigenvalue weighted by Gasteiger charge is -2.23. The second-order valence-corrected chi connectivity index (χ2v) is 7.03. The van der Waals surface area contributed by atoms with Crippen molar-refractivity contribution in [2.45, 2.75) is 38.6 Å². The molecular formula is C21H20ClN2O3-. The van der Waals surface area contributed by atoms with Gasteiger partial charge in [-0.1, -0.05) is 59.6 Å². The molecule has 0 aliphatic carbocycles. The summed E-state index contributed by atoms with van der Waals surface area (Å²) in [6.07, 6.45) is 0.728. The topological polar surface area (TPSA) is 72.8 Å². The van der Waals surface area contributed by atoms with Crippen LogP contribution in [0.1, 0.15) is 48.4 Å². The number of carboxylic acid groups (broad SMARTS) is 1. The van der Waals surface area contributed by atoms with Crippen LogP contribution in [0.15, 0.2) is 53.6 Å². The van der Waals surface area contributed by atoms with Crippen LogP contribution in [0.2, 0.25) is 5.02 Å². The van der Waals surface area contributed by atoms with E-state index in [2.05, 4.69) is 5.10 Å². The number of halogens is 1. The lowest BCUT2D eigenvalue weighted by atomic mass is 9.97. The van der Waals surface area contributed by atoms with E-state index in [0.29, 0.717) is 11.4 Å². The van der Waals surface area contributed by atoms with Crippen LogP contribution in [0, 0.1) is 6.92 Å². The summed E-state index contributed by atoms with van der Waals surface area (Å²) in [6.45, 7) is 2.01. The van der Waals surface area contributed by atoms with Gasteiger partial charge < -0.3 is 9.90 Å². The van der Waals surface area contributed by atoms with E-state index in [1.54, 1.807) is 6.07 Å². The number of aryl methyl sites for hydroxylation is 1. The van der Waals surface area contributed by atoms with E-state index in [9.17, 15) is 14.7 Å². The number of carbonyl (C=O) groups excluding carboxylic acids is 2. The number of hydrogen-bond donors (Lipinski definition) is 0. The minimum absolute atomic E-state index is 0.0968. The van der Waals surface area contributed by atoms with Gasteiger partial charge in [-0.15, -0.1) is 0 Å². The maximum Gasteiger partial charge on any atom is 0.243 e. The Hall–Kier alpha value is -2.66. The summed E-state index contributed by atoms with van der Waals surface area (Å²) in [4.78, 5) is 23.3. The first-order valence-corrected chi connectivity index (χ1v) is 9.24. The fourth-order valence-corrected chi connectivity index (χ4v) is 3.41. The van der Waals surface area contributed by atoms with E-state index >= 15 is 0 Å². The Bertz CT molecular complexity index is 877. The molecule has 0 fully saturated rings. The third kappa shape index (κ3) is 4.55. The summed E-state index contributed by atoms with van der Waals surface area (Å²) in [7, 11) is 0. The zero-order valence-electron chi connectivity index (χ0n) is 15.0. The van der Waals surface area contributed by atoms with Gasteiger partial charge in [0.15, 0.2) is 0 Å². The molecule has 3 rings (SSSR count). The summed E-state index contributed by atoms with van der Waals surface area (Å²) in [5, 5.41) is 17.2. The average molecular weight is 384 g/mol. The first-order valence-electron chi connectivity index (χ1n) is 8.86. The molecular weight excluding hydrogens is 364 g/mol. The first-order chi connectivity index (χ1) is 13.0. The van der Waals surface area contributed by atoms with Gasteiger partial charge in [0.2, 0.25) is 5.91 Å². The van der Waals surface area contributed by atoms with Crippen molar-refractivity contribution in [1.29, 1.82) is 0 Å². The van der Waals surface area contributed by atoms with Gasteiger partial charge in [-0.2, -0.15) is 5.10 Å². The first kappa shape index (κ1) is 19.1. The minimum atomic E-state index is -1.16. The molecule has 5 nitrogen and oxygen atoms in total. The molecule has 0 spiro atoms. The van der Waals surface area contributed by atoms with Crippen molar-refractivity contribution < 1.29 is 14.7 Å². The largest absolute Gasteiger partial charge is 0.550 e. The molecule has 27 heavy (non-hydrogen) atoms. The molecule has 2 aromatic carbocycles. The van der Waals surface area contributed by atoms with Crippen molar-refractivity contribution in [2.75, 3.05) is 0 Å². The van der Waals surface area contributed by atoms with E-state index in [4.69, 9.17) is 11.6 Å². The Labute approximate surface area is 163 Å². The predicted octanol–water partition coefficient (Wildman–Crippen LogP) is 3.25. The molecule has 0 bridgehead atoms. The van der Waals surface area contributed by atoms with Crippen LogP contribution >= 0.6 is 11.6 Å². The smallest absolute Gasteiger partial charge is 0.243 e. The maximum absolute atomic E-state index is 12.7. The highest BCUT2D eigenvalue weighted by Gasteiger charge is 2.33. The van der Waals surface area contributed by atoms with Crippen LogP contribution in [-0.2, 0) is 9.59 Å². The molecule has 0 radical (unpaired) electrons. The van der Waals surface area contributed by atoms with Gasteiger partial charge in [-0.25, -0.2) is 5.01 Å². The van der Waals surface area contributed by atoms with Gasteiger partial charge in [0.25, 0.3) is 0 Å². The van der Waals surface area contributed by atoms with Crippen molar-refractivity contribution in [2.24, 2.45) is 5.10 Å². The van der Waals surface area contributed by atoms with E-state index < -0.39 is 5.97 Å². The standard InChI is InChI=1S/C21H21ClN2O3/c1-14-9-11-15(12-10-14)18-13-19(16-5-2-3-6-17(16)22)24(23-18)20(25)7-4-8-21(26)27/h2-3,5-6,9-12,19H,4,7-8,13H2,1H3,(H,26,27)/p-1/t19-/m0/s1. The van der Waals surface area contributed by atoms with Gasteiger partial charge in [-0.3, -0.25) is 4.79 Å². The van der Waals surface area contributed by atoms with Crippen molar-refractivity contribution in [3.63, 3.8) is 0 Å². The van der Waals surface area contributed by atoms with Crippen LogP contribution in [0.4, 0.5) is 0 Å². The van der Waals surface area contributed by atoms with Gasteiger partial charge in [0.1, 0.15) is 0 Å². The van der Waals surface area contributed by atoms with Crippen molar-refractivity contribution in [1.82, 2.24) is 5.01 Å². The Morgan fingerprint density at radius 3 is 2.52 bits per heavy atom. The molecule has 0 saturated heterocycles. The third-order valence-corrected chi connectivity index (χ3v) is 4.93. The Morgan fingerprint density at radius 1 is 1.15 bits per heavy atom. The molecule has 1 heterocycles. The molecule has 6 heteroatoms. The number of carboxylic acids is 1. The molecule has 2 aromatic rings. The molecule has 0 unspecified atom stereocenters. The summed E-state index contributed by atoms with van der Waals surface area (Å²) in [5.41, 5.74) is 3.75. The molecule has 1 amide bonds. The second-order valence-electron chi connectivity index (χ2n) is 6.62. The molecule has 140 valence electrons. The van der Waals surface area contributed by atoms with Gasteiger partial charge in [-0.05, 0) is 37.0 Å². The molecule has 1 aliphatic heterocycles. The van der Waals surface area contributed by atoms with E-state index in [1.165, 1.54) is 5.01 Å². The number of nitrogens with zero attached hydrogens (tertiary/aromatic N) is 2. The number of amides is 1. The Balaban J connectivity index is 1.87. The maximum atomic E-state index is 12.7.